The SMILES string of the molecule is Cc1ncsc1C(=O)Nc1ccc(Cc2nnc3n2CCC3)cc1. The van der Waals surface area contributed by atoms with Crippen LogP contribution in [0.15, 0.2) is 29.8 Å². The molecule has 1 aliphatic rings. The number of rotatable bonds is 4. The topological polar surface area (TPSA) is 72.7 Å². The van der Waals surface area contributed by atoms with Crippen molar-refractivity contribution in [3.8, 4) is 0 Å². The van der Waals surface area contributed by atoms with E-state index in [0.717, 1.165) is 54.4 Å². The smallest absolute Gasteiger partial charge is 0.267 e. The van der Waals surface area contributed by atoms with Crippen molar-refractivity contribution in [2.75, 3.05) is 5.32 Å². The van der Waals surface area contributed by atoms with Crippen molar-refractivity contribution in [3.63, 3.8) is 0 Å². The first-order chi connectivity index (χ1) is 11.7. The molecule has 3 aromatic rings. The highest BCUT2D eigenvalue weighted by atomic mass is 32.1. The Kier molecular flexibility index (Phi) is 3.86. The van der Waals surface area contributed by atoms with Crippen molar-refractivity contribution in [3.05, 3.63) is 57.6 Å². The van der Waals surface area contributed by atoms with E-state index in [-0.39, 0.29) is 5.91 Å². The minimum Gasteiger partial charge on any atom is -0.321 e. The second-order valence-corrected chi connectivity index (χ2v) is 6.74. The summed E-state index contributed by atoms with van der Waals surface area (Å²) in [5.74, 6) is 1.99. The number of nitrogens with zero attached hydrogens (tertiary/aromatic N) is 4. The van der Waals surface area contributed by atoms with Gasteiger partial charge in [0.05, 0.1) is 11.2 Å². The molecule has 122 valence electrons. The highest BCUT2D eigenvalue weighted by Crippen LogP contribution is 2.19. The maximum Gasteiger partial charge on any atom is 0.267 e. The number of fused-ring (bicyclic) bond motifs is 1. The van der Waals surface area contributed by atoms with E-state index in [1.54, 1.807) is 5.51 Å². The number of carbonyl (C=O) groups excluding carboxylic acids is 1. The number of thiazole rings is 1. The number of benzene rings is 1. The minimum atomic E-state index is -0.113. The van der Waals surface area contributed by atoms with Crippen LogP contribution in [0.3, 0.4) is 0 Å². The summed E-state index contributed by atoms with van der Waals surface area (Å²) >= 11 is 1.35. The third-order valence-corrected chi connectivity index (χ3v) is 5.14. The van der Waals surface area contributed by atoms with Gasteiger partial charge < -0.3 is 9.88 Å². The fourth-order valence-electron chi connectivity index (χ4n) is 2.94. The van der Waals surface area contributed by atoms with Crippen LogP contribution in [-0.4, -0.2) is 25.7 Å². The average molecular weight is 339 g/mol. The van der Waals surface area contributed by atoms with Crippen molar-refractivity contribution in [1.29, 1.82) is 0 Å². The van der Waals surface area contributed by atoms with Crippen LogP contribution in [0.4, 0.5) is 5.69 Å². The predicted octanol–water partition coefficient (Wildman–Crippen LogP) is 2.83. The van der Waals surface area contributed by atoms with Crippen molar-refractivity contribution in [2.45, 2.75) is 32.7 Å². The van der Waals surface area contributed by atoms with Crippen LogP contribution in [-0.2, 0) is 19.4 Å². The molecule has 1 amide bonds. The molecule has 0 radical (unpaired) electrons. The van der Waals surface area contributed by atoms with Gasteiger partial charge in [-0.15, -0.1) is 21.5 Å². The molecule has 0 saturated heterocycles. The van der Waals surface area contributed by atoms with Gasteiger partial charge in [-0.3, -0.25) is 4.79 Å². The van der Waals surface area contributed by atoms with E-state index in [2.05, 4.69) is 25.1 Å². The lowest BCUT2D eigenvalue weighted by molar-refractivity contribution is 0.103. The monoisotopic (exact) mass is 339 g/mol. The molecule has 6 nitrogen and oxygen atoms in total. The quantitative estimate of drug-likeness (QED) is 0.793. The third kappa shape index (κ3) is 2.82. The molecule has 3 heterocycles. The Hall–Kier alpha value is -2.54. The molecule has 0 bridgehead atoms. The van der Waals surface area contributed by atoms with Gasteiger partial charge in [0, 0.05) is 25.1 Å². The molecular weight excluding hydrogens is 322 g/mol. The van der Waals surface area contributed by atoms with Crippen molar-refractivity contribution in [2.24, 2.45) is 0 Å². The van der Waals surface area contributed by atoms with Crippen molar-refractivity contribution < 1.29 is 4.79 Å². The van der Waals surface area contributed by atoms with Gasteiger partial charge in [-0.05, 0) is 31.0 Å². The van der Waals surface area contributed by atoms with Crippen LogP contribution in [0.2, 0.25) is 0 Å². The van der Waals surface area contributed by atoms with Gasteiger partial charge in [0.25, 0.3) is 5.91 Å². The van der Waals surface area contributed by atoms with E-state index in [1.165, 1.54) is 11.3 Å². The summed E-state index contributed by atoms with van der Waals surface area (Å²) in [4.78, 5) is 17.0. The van der Waals surface area contributed by atoms with Gasteiger partial charge >= 0.3 is 0 Å². The standard InChI is InChI=1S/C17H17N5OS/c1-11-16(24-10-18-11)17(23)19-13-6-4-12(5-7-13)9-15-21-20-14-3-2-8-22(14)15/h4-7,10H,2-3,8-9H2,1H3,(H,19,23). The molecule has 24 heavy (non-hydrogen) atoms. The molecule has 2 aromatic heterocycles. The number of nitrogens with one attached hydrogen (secondary N) is 1. The van der Waals surface area contributed by atoms with Gasteiger partial charge in [0.15, 0.2) is 0 Å². The van der Waals surface area contributed by atoms with Crippen molar-refractivity contribution >= 4 is 22.9 Å². The number of carbonyl (C=O) groups is 1. The zero-order valence-electron chi connectivity index (χ0n) is 13.3. The molecule has 0 aliphatic carbocycles. The van der Waals surface area contributed by atoms with Gasteiger partial charge in [-0.25, -0.2) is 4.98 Å². The number of hydrogen-bond donors (Lipinski definition) is 1. The van der Waals surface area contributed by atoms with E-state index in [9.17, 15) is 4.79 Å². The fourth-order valence-corrected chi connectivity index (χ4v) is 3.64. The maximum absolute atomic E-state index is 12.2. The van der Waals surface area contributed by atoms with E-state index in [1.807, 2.05) is 31.2 Å². The van der Waals surface area contributed by atoms with Crippen LogP contribution in [0.5, 0.6) is 0 Å². The zero-order chi connectivity index (χ0) is 16.5. The lowest BCUT2D eigenvalue weighted by Gasteiger charge is -2.06. The molecule has 0 spiro atoms. The van der Waals surface area contributed by atoms with Gasteiger partial charge in [0.2, 0.25) is 0 Å². The molecule has 0 atom stereocenters. The summed E-state index contributed by atoms with van der Waals surface area (Å²) in [5, 5.41) is 11.4. The Labute approximate surface area is 143 Å². The summed E-state index contributed by atoms with van der Waals surface area (Å²) in [6.07, 6.45) is 2.93. The highest BCUT2D eigenvalue weighted by Gasteiger charge is 2.17. The average Bonchev–Trinajstić information content (AvgIpc) is 3.28. The second-order valence-electron chi connectivity index (χ2n) is 5.88. The van der Waals surface area contributed by atoms with Crippen LogP contribution >= 0.6 is 11.3 Å². The summed E-state index contributed by atoms with van der Waals surface area (Å²) in [6.45, 7) is 2.85. The first-order valence-electron chi connectivity index (χ1n) is 7.92. The Bertz CT molecular complexity index is 881. The van der Waals surface area contributed by atoms with Crippen molar-refractivity contribution in [1.82, 2.24) is 19.7 Å². The molecule has 1 aliphatic heterocycles. The summed E-state index contributed by atoms with van der Waals surface area (Å²) in [6, 6.07) is 7.88. The highest BCUT2D eigenvalue weighted by molar-refractivity contribution is 7.12. The molecule has 0 unspecified atom stereocenters. The Morgan fingerprint density at radius 2 is 2.12 bits per heavy atom. The van der Waals surface area contributed by atoms with Gasteiger partial charge in [0.1, 0.15) is 16.5 Å². The fraction of sp³-hybridized carbons (Fsp3) is 0.294. The third-order valence-electron chi connectivity index (χ3n) is 4.21. The molecule has 1 aromatic carbocycles. The normalized spacial score (nSPS) is 13.0. The van der Waals surface area contributed by atoms with E-state index in [4.69, 9.17) is 0 Å². The van der Waals surface area contributed by atoms with Crippen LogP contribution in [0.1, 0.15) is 39.0 Å². The number of aryl methyl sites for hydroxylation is 2. The summed E-state index contributed by atoms with van der Waals surface area (Å²) in [7, 11) is 0. The van der Waals surface area contributed by atoms with Crippen LogP contribution in [0, 0.1) is 6.92 Å². The summed E-state index contributed by atoms with van der Waals surface area (Å²) < 4.78 is 2.21. The zero-order valence-corrected chi connectivity index (χ0v) is 14.1. The van der Waals surface area contributed by atoms with Crippen LogP contribution in [0.25, 0.3) is 0 Å². The Balaban J connectivity index is 1.45. The number of aromatic nitrogens is 4. The van der Waals surface area contributed by atoms with Crippen LogP contribution < -0.4 is 5.32 Å². The first kappa shape index (κ1) is 15.0. The number of anilines is 1. The minimum absolute atomic E-state index is 0.113. The van der Waals surface area contributed by atoms with E-state index < -0.39 is 0 Å². The summed E-state index contributed by atoms with van der Waals surface area (Å²) in [5.41, 5.74) is 4.38. The molecule has 1 N–H and O–H groups in total. The maximum atomic E-state index is 12.2. The lowest BCUT2D eigenvalue weighted by atomic mass is 10.1. The largest absolute Gasteiger partial charge is 0.321 e. The molecule has 4 rings (SSSR count). The Morgan fingerprint density at radius 3 is 2.88 bits per heavy atom. The molecule has 0 fully saturated rings. The predicted molar refractivity (Wildman–Crippen MR) is 92.4 cm³/mol. The Morgan fingerprint density at radius 1 is 1.29 bits per heavy atom. The lowest BCUT2D eigenvalue weighted by Crippen LogP contribution is -2.11. The molecule has 0 saturated carbocycles. The first-order valence-corrected chi connectivity index (χ1v) is 8.80. The molecule has 7 heteroatoms. The number of hydrogen-bond acceptors (Lipinski definition) is 5. The number of amides is 1. The van der Waals surface area contributed by atoms with E-state index in [0.29, 0.717) is 4.88 Å². The van der Waals surface area contributed by atoms with E-state index >= 15 is 0 Å². The van der Waals surface area contributed by atoms with Gasteiger partial charge in [-0.1, -0.05) is 12.1 Å². The molecular formula is C17H17N5OS. The second kappa shape index (κ2) is 6.16. The van der Waals surface area contributed by atoms with Gasteiger partial charge in [-0.2, -0.15) is 0 Å².